The van der Waals surface area contributed by atoms with Gasteiger partial charge >= 0.3 is 0 Å². The van der Waals surface area contributed by atoms with Crippen LogP contribution in [0.25, 0.3) is 0 Å². The van der Waals surface area contributed by atoms with Gasteiger partial charge in [-0.3, -0.25) is 4.79 Å². The fourth-order valence-corrected chi connectivity index (χ4v) is 4.23. The SMILES string of the molecule is CCCS(=O)(=O)N1CCC(NC(=O)C2CNCCO2)CC1. The Morgan fingerprint density at radius 3 is 2.67 bits per heavy atom. The average Bonchev–Trinajstić information content (AvgIpc) is 2.48. The van der Waals surface area contributed by atoms with Gasteiger partial charge in [0.25, 0.3) is 5.91 Å². The van der Waals surface area contributed by atoms with Crippen LogP contribution >= 0.6 is 0 Å². The van der Waals surface area contributed by atoms with Gasteiger partial charge in [-0.2, -0.15) is 0 Å². The third kappa shape index (κ3) is 4.64. The number of rotatable bonds is 5. The molecule has 8 heteroatoms. The molecule has 0 aromatic heterocycles. The number of hydrogen-bond donors (Lipinski definition) is 2. The molecule has 0 aromatic rings. The molecule has 1 unspecified atom stereocenters. The van der Waals surface area contributed by atoms with Crippen molar-refractivity contribution in [2.45, 2.75) is 38.3 Å². The number of nitrogens with one attached hydrogen (secondary N) is 2. The lowest BCUT2D eigenvalue weighted by Crippen LogP contribution is -2.53. The van der Waals surface area contributed by atoms with Gasteiger partial charge in [-0.05, 0) is 19.3 Å². The highest BCUT2D eigenvalue weighted by Crippen LogP contribution is 2.15. The number of carbonyl (C=O) groups is 1. The van der Waals surface area contributed by atoms with Crippen LogP contribution < -0.4 is 10.6 Å². The fraction of sp³-hybridized carbons (Fsp3) is 0.923. The van der Waals surface area contributed by atoms with Gasteiger partial charge in [-0.25, -0.2) is 12.7 Å². The highest BCUT2D eigenvalue weighted by molar-refractivity contribution is 7.89. The highest BCUT2D eigenvalue weighted by atomic mass is 32.2. The summed E-state index contributed by atoms with van der Waals surface area (Å²) in [5.41, 5.74) is 0. The summed E-state index contributed by atoms with van der Waals surface area (Å²) in [4.78, 5) is 12.0. The van der Waals surface area contributed by atoms with Crippen molar-refractivity contribution >= 4 is 15.9 Å². The van der Waals surface area contributed by atoms with Gasteiger partial charge in [0.15, 0.2) is 0 Å². The zero-order valence-electron chi connectivity index (χ0n) is 12.5. The lowest BCUT2D eigenvalue weighted by molar-refractivity contribution is -0.135. The van der Waals surface area contributed by atoms with Crippen LogP contribution in [0.5, 0.6) is 0 Å². The van der Waals surface area contributed by atoms with E-state index < -0.39 is 16.1 Å². The normalized spacial score (nSPS) is 25.7. The van der Waals surface area contributed by atoms with Gasteiger partial charge in [-0.15, -0.1) is 0 Å². The van der Waals surface area contributed by atoms with Crippen molar-refractivity contribution in [3.8, 4) is 0 Å². The largest absolute Gasteiger partial charge is 0.366 e. The summed E-state index contributed by atoms with van der Waals surface area (Å²) < 4.78 is 30.9. The highest BCUT2D eigenvalue weighted by Gasteiger charge is 2.30. The Balaban J connectivity index is 1.77. The Labute approximate surface area is 126 Å². The number of amides is 1. The summed E-state index contributed by atoms with van der Waals surface area (Å²) in [6, 6.07) is 0.0381. The summed E-state index contributed by atoms with van der Waals surface area (Å²) in [6.45, 7) is 4.69. The van der Waals surface area contributed by atoms with Gasteiger partial charge in [0.05, 0.1) is 12.4 Å². The third-order valence-corrected chi connectivity index (χ3v) is 5.95. The Kier molecular flexibility index (Phi) is 5.98. The summed E-state index contributed by atoms with van der Waals surface area (Å²) in [7, 11) is -3.12. The summed E-state index contributed by atoms with van der Waals surface area (Å²) in [5, 5.41) is 6.09. The molecule has 0 aliphatic carbocycles. The van der Waals surface area contributed by atoms with Crippen molar-refractivity contribution in [2.24, 2.45) is 0 Å². The maximum absolute atomic E-state index is 12.0. The third-order valence-electron chi connectivity index (χ3n) is 3.88. The second-order valence-corrected chi connectivity index (χ2v) is 7.65. The quantitative estimate of drug-likeness (QED) is 0.699. The summed E-state index contributed by atoms with van der Waals surface area (Å²) in [5.74, 6) is 0.100. The van der Waals surface area contributed by atoms with Crippen molar-refractivity contribution in [3.05, 3.63) is 0 Å². The number of hydrogen-bond acceptors (Lipinski definition) is 5. The zero-order chi connectivity index (χ0) is 15.3. The predicted molar refractivity (Wildman–Crippen MR) is 79.4 cm³/mol. The Hall–Kier alpha value is -0.700. The van der Waals surface area contributed by atoms with Gasteiger partial charge in [0, 0.05) is 32.2 Å². The van der Waals surface area contributed by atoms with E-state index in [-0.39, 0.29) is 17.7 Å². The Bertz CT molecular complexity index is 440. The van der Waals surface area contributed by atoms with Gasteiger partial charge in [0.1, 0.15) is 6.10 Å². The molecule has 0 radical (unpaired) electrons. The molecule has 2 N–H and O–H groups in total. The number of sulfonamides is 1. The van der Waals surface area contributed by atoms with Crippen molar-refractivity contribution in [1.82, 2.24) is 14.9 Å². The molecule has 21 heavy (non-hydrogen) atoms. The van der Waals surface area contributed by atoms with E-state index in [9.17, 15) is 13.2 Å². The van der Waals surface area contributed by atoms with Crippen LogP contribution in [0.1, 0.15) is 26.2 Å². The first kappa shape index (κ1) is 16.7. The van der Waals surface area contributed by atoms with Gasteiger partial charge in [-0.1, -0.05) is 6.92 Å². The standard InChI is InChI=1S/C13H25N3O4S/c1-2-9-21(18,19)16-6-3-11(4-7-16)15-13(17)12-10-14-5-8-20-12/h11-12,14H,2-10H2,1H3,(H,15,17). The van der Waals surface area contributed by atoms with Gasteiger partial charge in [0.2, 0.25) is 10.0 Å². The topological polar surface area (TPSA) is 87.7 Å². The minimum Gasteiger partial charge on any atom is -0.366 e. The van der Waals surface area contributed by atoms with Crippen molar-refractivity contribution in [1.29, 1.82) is 0 Å². The van der Waals surface area contributed by atoms with E-state index in [4.69, 9.17) is 4.74 Å². The van der Waals surface area contributed by atoms with E-state index in [1.807, 2.05) is 6.92 Å². The molecule has 2 saturated heterocycles. The molecular weight excluding hydrogens is 294 g/mol. The molecule has 1 atom stereocenters. The smallest absolute Gasteiger partial charge is 0.250 e. The molecule has 2 fully saturated rings. The molecule has 2 heterocycles. The molecule has 7 nitrogen and oxygen atoms in total. The lowest BCUT2D eigenvalue weighted by atomic mass is 10.1. The number of morpholine rings is 1. The monoisotopic (exact) mass is 319 g/mol. The second kappa shape index (κ2) is 7.53. The fourth-order valence-electron chi connectivity index (χ4n) is 2.69. The molecule has 122 valence electrons. The maximum atomic E-state index is 12.0. The molecular formula is C13H25N3O4S. The molecule has 0 aromatic carbocycles. The van der Waals surface area contributed by atoms with E-state index >= 15 is 0 Å². The Morgan fingerprint density at radius 2 is 2.10 bits per heavy atom. The van der Waals surface area contributed by atoms with Crippen molar-refractivity contribution in [3.63, 3.8) is 0 Å². The maximum Gasteiger partial charge on any atom is 0.250 e. The first-order valence-electron chi connectivity index (χ1n) is 7.63. The lowest BCUT2D eigenvalue weighted by Gasteiger charge is -2.32. The predicted octanol–water partition coefficient (Wildman–Crippen LogP) is -0.705. The number of piperidine rings is 1. The average molecular weight is 319 g/mol. The van der Waals surface area contributed by atoms with Crippen LogP contribution in [0, 0.1) is 0 Å². The van der Waals surface area contributed by atoms with E-state index in [0.29, 0.717) is 45.5 Å². The van der Waals surface area contributed by atoms with Crippen LogP contribution in [0.4, 0.5) is 0 Å². The number of ether oxygens (including phenoxy) is 1. The van der Waals surface area contributed by atoms with Crippen molar-refractivity contribution in [2.75, 3.05) is 38.5 Å². The minimum atomic E-state index is -3.12. The number of carbonyl (C=O) groups excluding carboxylic acids is 1. The van der Waals surface area contributed by atoms with E-state index in [2.05, 4.69) is 10.6 Å². The van der Waals surface area contributed by atoms with Crippen molar-refractivity contribution < 1.29 is 17.9 Å². The minimum absolute atomic E-state index is 0.0381. The molecule has 2 aliphatic heterocycles. The summed E-state index contributed by atoms with van der Waals surface area (Å²) in [6.07, 6.45) is 1.52. The van der Waals surface area contributed by atoms with Crippen LogP contribution in [-0.4, -0.2) is 69.3 Å². The van der Waals surface area contributed by atoms with E-state index in [1.165, 1.54) is 4.31 Å². The first-order valence-corrected chi connectivity index (χ1v) is 9.24. The van der Waals surface area contributed by atoms with Crippen LogP contribution in [-0.2, 0) is 19.6 Å². The molecule has 0 saturated carbocycles. The summed E-state index contributed by atoms with van der Waals surface area (Å²) >= 11 is 0. The second-order valence-electron chi connectivity index (χ2n) is 5.56. The van der Waals surface area contributed by atoms with E-state index in [1.54, 1.807) is 0 Å². The van der Waals surface area contributed by atoms with E-state index in [0.717, 1.165) is 6.54 Å². The number of nitrogens with zero attached hydrogens (tertiary/aromatic N) is 1. The first-order chi connectivity index (χ1) is 10.0. The molecule has 2 rings (SSSR count). The molecule has 2 aliphatic rings. The zero-order valence-corrected chi connectivity index (χ0v) is 13.3. The molecule has 1 amide bonds. The van der Waals surface area contributed by atoms with Gasteiger partial charge < -0.3 is 15.4 Å². The van der Waals surface area contributed by atoms with Crippen LogP contribution in [0.3, 0.4) is 0 Å². The van der Waals surface area contributed by atoms with Crippen LogP contribution in [0.2, 0.25) is 0 Å². The Morgan fingerprint density at radius 1 is 1.38 bits per heavy atom. The molecule has 0 spiro atoms. The van der Waals surface area contributed by atoms with Crippen LogP contribution in [0.15, 0.2) is 0 Å². The molecule has 0 bridgehead atoms.